The average molecular weight is 293 g/mol. The van der Waals surface area contributed by atoms with Gasteiger partial charge in [-0.1, -0.05) is 41.5 Å². The third-order valence-corrected chi connectivity index (χ3v) is 4.03. The van der Waals surface area contributed by atoms with Crippen molar-refractivity contribution in [1.82, 2.24) is 4.98 Å². The van der Waals surface area contributed by atoms with Crippen molar-refractivity contribution in [1.29, 1.82) is 0 Å². The van der Waals surface area contributed by atoms with Crippen LogP contribution in [0.2, 0.25) is 0 Å². The van der Waals surface area contributed by atoms with Crippen LogP contribution < -0.4 is 0 Å². The predicted octanol–water partition coefficient (Wildman–Crippen LogP) is 4.39. The van der Waals surface area contributed by atoms with Gasteiger partial charge in [0, 0.05) is 10.9 Å². The molecule has 3 rings (SSSR count). The maximum Gasteiger partial charge on any atom is 0.307 e. The van der Waals surface area contributed by atoms with Gasteiger partial charge in [-0.15, -0.1) is 0 Å². The summed E-state index contributed by atoms with van der Waals surface area (Å²) in [4.78, 5) is 14.7. The molecule has 0 saturated heterocycles. The standard InChI is InChI=1S/C19H19NO2/c1-11-4-6-14(7-5-11)19-16(10-17(21)22)15-9-12(2)8-13(3)18(15)20-19/h4-9,20H,10H2,1-3H3,(H,21,22). The van der Waals surface area contributed by atoms with Crippen molar-refractivity contribution >= 4 is 16.9 Å². The summed E-state index contributed by atoms with van der Waals surface area (Å²) in [5.41, 5.74) is 7.29. The summed E-state index contributed by atoms with van der Waals surface area (Å²) in [6, 6.07) is 12.3. The van der Waals surface area contributed by atoms with Gasteiger partial charge in [-0.3, -0.25) is 4.79 Å². The van der Waals surface area contributed by atoms with Crippen LogP contribution in [-0.4, -0.2) is 16.1 Å². The van der Waals surface area contributed by atoms with Gasteiger partial charge in [0.2, 0.25) is 0 Å². The Bertz CT molecular complexity index is 857. The molecule has 2 aromatic carbocycles. The molecule has 3 aromatic rings. The van der Waals surface area contributed by atoms with Crippen molar-refractivity contribution in [2.75, 3.05) is 0 Å². The van der Waals surface area contributed by atoms with E-state index >= 15 is 0 Å². The van der Waals surface area contributed by atoms with Gasteiger partial charge in [-0.2, -0.15) is 0 Å². The fourth-order valence-corrected chi connectivity index (χ4v) is 3.01. The van der Waals surface area contributed by atoms with Crippen LogP contribution in [0.25, 0.3) is 22.2 Å². The van der Waals surface area contributed by atoms with Gasteiger partial charge in [0.1, 0.15) is 0 Å². The summed E-state index contributed by atoms with van der Waals surface area (Å²) >= 11 is 0. The van der Waals surface area contributed by atoms with E-state index in [4.69, 9.17) is 0 Å². The average Bonchev–Trinajstić information content (AvgIpc) is 2.78. The molecule has 0 bridgehead atoms. The van der Waals surface area contributed by atoms with Crippen LogP contribution in [-0.2, 0) is 11.2 Å². The summed E-state index contributed by atoms with van der Waals surface area (Å²) in [5, 5.41) is 10.3. The monoisotopic (exact) mass is 293 g/mol. The van der Waals surface area contributed by atoms with Crippen molar-refractivity contribution < 1.29 is 9.90 Å². The number of benzene rings is 2. The minimum absolute atomic E-state index is 0.0199. The van der Waals surface area contributed by atoms with Crippen LogP contribution >= 0.6 is 0 Å². The van der Waals surface area contributed by atoms with Crippen LogP contribution in [0.15, 0.2) is 36.4 Å². The van der Waals surface area contributed by atoms with Gasteiger partial charge >= 0.3 is 5.97 Å². The second kappa shape index (κ2) is 5.34. The highest BCUT2D eigenvalue weighted by atomic mass is 16.4. The molecule has 0 spiro atoms. The molecule has 112 valence electrons. The highest BCUT2D eigenvalue weighted by Crippen LogP contribution is 2.33. The number of carbonyl (C=O) groups is 1. The molecule has 0 aliphatic heterocycles. The van der Waals surface area contributed by atoms with Crippen LogP contribution in [0.1, 0.15) is 22.3 Å². The summed E-state index contributed by atoms with van der Waals surface area (Å²) < 4.78 is 0. The molecule has 1 aromatic heterocycles. The molecule has 2 N–H and O–H groups in total. The largest absolute Gasteiger partial charge is 0.481 e. The summed E-state index contributed by atoms with van der Waals surface area (Å²) in [6.07, 6.45) is 0.0199. The molecule has 0 fully saturated rings. The second-order valence-electron chi connectivity index (χ2n) is 5.92. The van der Waals surface area contributed by atoms with E-state index in [0.717, 1.165) is 38.9 Å². The quantitative estimate of drug-likeness (QED) is 0.752. The zero-order chi connectivity index (χ0) is 15.9. The first kappa shape index (κ1) is 14.4. The van der Waals surface area contributed by atoms with E-state index in [2.05, 4.69) is 24.0 Å². The van der Waals surface area contributed by atoms with Gasteiger partial charge in [0.15, 0.2) is 0 Å². The van der Waals surface area contributed by atoms with E-state index in [1.165, 1.54) is 5.56 Å². The van der Waals surface area contributed by atoms with Gasteiger partial charge in [0.25, 0.3) is 0 Å². The Labute approximate surface area is 129 Å². The number of aromatic nitrogens is 1. The number of fused-ring (bicyclic) bond motifs is 1. The third-order valence-electron chi connectivity index (χ3n) is 4.03. The number of hydrogen-bond donors (Lipinski definition) is 2. The van der Waals surface area contributed by atoms with Crippen molar-refractivity contribution in [3.8, 4) is 11.3 Å². The van der Waals surface area contributed by atoms with Gasteiger partial charge < -0.3 is 10.1 Å². The Hall–Kier alpha value is -2.55. The van der Waals surface area contributed by atoms with E-state index in [-0.39, 0.29) is 6.42 Å². The Morgan fingerprint density at radius 3 is 2.36 bits per heavy atom. The molecule has 3 heteroatoms. The minimum Gasteiger partial charge on any atom is -0.481 e. The summed E-state index contributed by atoms with van der Waals surface area (Å²) in [5.74, 6) is -0.812. The van der Waals surface area contributed by atoms with Crippen LogP contribution in [0.5, 0.6) is 0 Å². The van der Waals surface area contributed by atoms with Crippen LogP contribution in [0.4, 0.5) is 0 Å². The lowest BCUT2D eigenvalue weighted by molar-refractivity contribution is -0.136. The van der Waals surface area contributed by atoms with E-state index in [9.17, 15) is 9.90 Å². The predicted molar refractivity (Wildman–Crippen MR) is 89.3 cm³/mol. The Balaban J connectivity index is 2.30. The fourth-order valence-electron chi connectivity index (χ4n) is 3.01. The maximum absolute atomic E-state index is 11.3. The normalized spacial score (nSPS) is 11.0. The van der Waals surface area contributed by atoms with Gasteiger partial charge in [-0.05, 0) is 43.5 Å². The summed E-state index contributed by atoms with van der Waals surface area (Å²) in [7, 11) is 0. The second-order valence-corrected chi connectivity index (χ2v) is 5.92. The van der Waals surface area contributed by atoms with Crippen molar-refractivity contribution in [3.63, 3.8) is 0 Å². The Morgan fingerprint density at radius 2 is 1.73 bits per heavy atom. The first-order valence-electron chi connectivity index (χ1n) is 7.36. The first-order chi connectivity index (χ1) is 10.5. The number of rotatable bonds is 3. The van der Waals surface area contributed by atoms with E-state index in [1.807, 2.05) is 38.1 Å². The lowest BCUT2D eigenvalue weighted by Crippen LogP contribution is -2.01. The SMILES string of the molecule is Cc1ccc(-c2[nH]c3c(C)cc(C)cc3c2CC(=O)O)cc1. The number of nitrogens with one attached hydrogen (secondary N) is 1. The van der Waals surface area contributed by atoms with Gasteiger partial charge in [-0.25, -0.2) is 0 Å². The van der Waals surface area contributed by atoms with Crippen LogP contribution in [0.3, 0.4) is 0 Å². The van der Waals surface area contributed by atoms with E-state index in [0.29, 0.717) is 0 Å². The topological polar surface area (TPSA) is 53.1 Å². The molecule has 3 nitrogen and oxygen atoms in total. The van der Waals surface area contributed by atoms with E-state index in [1.54, 1.807) is 0 Å². The Kier molecular flexibility index (Phi) is 3.49. The minimum atomic E-state index is -0.812. The summed E-state index contributed by atoms with van der Waals surface area (Å²) in [6.45, 7) is 6.13. The number of carboxylic acids is 1. The molecule has 22 heavy (non-hydrogen) atoms. The molecule has 0 saturated carbocycles. The van der Waals surface area contributed by atoms with E-state index < -0.39 is 5.97 Å². The number of aromatic amines is 1. The number of H-pyrrole nitrogens is 1. The molecule has 0 aliphatic rings. The lowest BCUT2D eigenvalue weighted by atomic mass is 10.00. The lowest BCUT2D eigenvalue weighted by Gasteiger charge is -2.04. The molecule has 0 atom stereocenters. The number of carboxylic acid groups (broad SMARTS) is 1. The maximum atomic E-state index is 11.3. The molecule has 1 heterocycles. The number of aliphatic carboxylic acids is 1. The Morgan fingerprint density at radius 1 is 1.05 bits per heavy atom. The zero-order valence-corrected chi connectivity index (χ0v) is 13.0. The number of hydrogen-bond acceptors (Lipinski definition) is 1. The molecule has 0 unspecified atom stereocenters. The van der Waals surface area contributed by atoms with Crippen molar-refractivity contribution in [2.45, 2.75) is 27.2 Å². The molecular weight excluding hydrogens is 274 g/mol. The van der Waals surface area contributed by atoms with Crippen molar-refractivity contribution in [3.05, 3.63) is 58.7 Å². The third kappa shape index (κ3) is 2.50. The molecule has 0 aliphatic carbocycles. The smallest absolute Gasteiger partial charge is 0.307 e. The first-order valence-corrected chi connectivity index (χ1v) is 7.36. The molecular formula is C19H19NO2. The van der Waals surface area contributed by atoms with Crippen LogP contribution in [0, 0.1) is 20.8 Å². The zero-order valence-electron chi connectivity index (χ0n) is 13.0. The van der Waals surface area contributed by atoms with Crippen molar-refractivity contribution in [2.24, 2.45) is 0 Å². The fraction of sp³-hybridized carbons (Fsp3) is 0.211. The molecule has 0 radical (unpaired) electrons. The molecule has 0 amide bonds. The highest BCUT2D eigenvalue weighted by Gasteiger charge is 2.17. The highest BCUT2D eigenvalue weighted by molar-refractivity contribution is 5.95. The number of aryl methyl sites for hydroxylation is 3. The van der Waals surface area contributed by atoms with Gasteiger partial charge in [0.05, 0.1) is 12.1 Å².